The zero-order chi connectivity index (χ0) is 21.7. The van der Waals surface area contributed by atoms with Crippen molar-refractivity contribution >= 4 is 35.1 Å². The van der Waals surface area contributed by atoms with Gasteiger partial charge in [-0.05, 0) is 37.6 Å². The van der Waals surface area contributed by atoms with Crippen LogP contribution in [0.25, 0.3) is 10.9 Å². The van der Waals surface area contributed by atoms with Crippen molar-refractivity contribution in [2.45, 2.75) is 20.0 Å². The number of phenolic OH excluding ortho intramolecular Hbond substituents is 1. The Balaban J connectivity index is 0.00000341. The van der Waals surface area contributed by atoms with E-state index in [1.807, 2.05) is 30.9 Å². The first-order valence-corrected chi connectivity index (χ1v) is 9.90. The number of hydrogen-bond acceptors (Lipinski definition) is 8. The number of benzene rings is 2. The number of aliphatic hydroxyl groups is 1. The van der Waals surface area contributed by atoms with E-state index in [0.717, 1.165) is 18.5 Å². The number of phenols is 1. The van der Waals surface area contributed by atoms with Gasteiger partial charge in [-0.25, -0.2) is 4.98 Å². The van der Waals surface area contributed by atoms with Crippen LogP contribution in [0, 0.1) is 0 Å². The molecule has 3 N–H and O–H groups in total. The van der Waals surface area contributed by atoms with E-state index in [1.165, 1.54) is 0 Å². The van der Waals surface area contributed by atoms with Crippen LogP contribution in [0.15, 0.2) is 36.4 Å². The zero-order valence-corrected chi connectivity index (χ0v) is 18.9. The molecule has 0 bridgehead atoms. The minimum Gasteiger partial charge on any atom is -0.508 e. The maximum atomic E-state index is 10.6. The predicted molar refractivity (Wildman–Crippen MR) is 125 cm³/mol. The highest BCUT2D eigenvalue weighted by atomic mass is 35.5. The summed E-state index contributed by atoms with van der Waals surface area (Å²) >= 11 is 0. The van der Waals surface area contributed by atoms with E-state index in [1.54, 1.807) is 38.5 Å². The van der Waals surface area contributed by atoms with E-state index in [9.17, 15) is 10.2 Å². The molecule has 31 heavy (non-hydrogen) atoms. The second kappa shape index (κ2) is 10.9. The SMILES string of the molecule is CCN(CC)c1nc(NCC(O)c2cccc(O)c2)c2cc(OC)c(OC)cc2n1.Cl. The van der Waals surface area contributed by atoms with Gasteiger partial charge in [0.1, 0.15) is 11.6 Å². The molecule has 1 aromatic heterocycles. The highest BCUT2D eigenvalue weighted by molar-refractivity contribution is 5.92. The van der Waals surface area contributed by atoms with E-state index in [2.05, 4.69) is 5.32 Å². The Morgan fingerprint density at radius 3 is 2.32 bits per heavy atom. The maximum absolute atomic E-state index is 10.6. The lowest BCUT2D eigenvalue weighted by atomic mass is 10.1. The summed E-state index contributed by atoms with van der Waals surface area (Å²) < 4.78 is 10.9. The van der Waals surface area contributed by atoms with Crippen molar-refractivity contribution in [2.24, 2.45) is 0 Å². The summed E-state index contributed by atoms with van der Waals surface area (Å²) in [7, 11) is 3.16. The number of anilines is 2. The Labute approximate surface area is 188 Å². The van der Waals surface area contributed by atoms with Gasteiger partial charge in [0, 0.05) is 31.1 Å². The van der Waals surface area contributed by atoms with E-state index in [4.69, 9.17) is 19.4 Å². The highest BCUT2D eigenvalue weighted by Crippen LogP contribution is 2.35. The molecule has 0 saturated heterocycles. The molecule has 0 aliphatic heterocycles. The average molecular weight is 449 g/mol. The molecule has 0 amide bonds. The summed E-state index contributed by atoms with van der Waals surface area (Å²) in [6, 6.07) is 10.2. The fourth-order valence-corrected chi connectivity index (χ4v) is 3.27. The first-order chi connectivity index (χ1) is 14.5. The lowest BCUT2D eigenvalue weighted by Gasteiger charge is -2.21. The number of aromatic hydroxyl groups is 1. The van der Waals surface area contributed by atoms with Crippen molar-refractivity contribution in [3.05, 3.63) is 42.0 Å². The summed E-state index contributed by atoms with van der Waals surface area (Å²) in [5, 5.41) is 24.2. The Bertz CT molecular complexity index is 1010. The molecular formula is C22H29ClN4O4. The van der Waals surface area contributed by atoms with Crippen molar-refractivity contribution < 1.29 is 19.7 Å². The van der Waals surface area contributed by atoms with Crippen molar-refractivity contribution in [3.63, 3.8) is 0 Å². The maximum Gasteiger partial charge on any atom is 0.227 e. The lowest BCUT2D eigenvalue weighted by Crippen LogP contribution is -2.25. The number of hydrogen-bond donors (Lipinski definition) is 3. The van der Waals surface area contributed by atoms with Gasteiger partial charge in [-0.3, -0.25) is 0 Å². The highest BCUT2D eigenvalue weighted by Gasteiger charge is 2.17. The van der Waals surface area contributed by atoms with Crippen LogP contribution in [0.2, 0.25) is 0 Å². The normalized spacial score (nSPS) is 11.5. The number of ether oxygens (including phenoxy) is 2. The van der Waals surface area contributed by atoms with Gasteiger partial charge in [-0.15, -0.1) is 12.4 Å². The monoisotopic (exact) mass is 448 g/mol. The summed E-state index contributed by atoms with van der Waals surface area (Å²) in [4.78, 5) is 11.5. The molecule has 1 heterocycles. The van der Waals surface area contributed by atoms with Crippen molar-refractivity contribution in [1.82, 2.24) is 9.97 Å². The first kappa shape index (κ1) is 24.3. The van der Waals surface area contributed by atoms with Crippen LogP contribution >= 0.6 is 12.4 Å². The fourth-order valence-electron chi connectivity index (χ4n) is 3.27. The molecule has 0 fully saturated rings. The van der Waals surface area contributed by atoms with Crippen LogP contribution < -0.4 is 19.7 Å². The number of methoxy groups -OCH3 is 2. The third-order valence-corrected chi connectivity index (χ3v) is 4.95. The Hall–Kier alpha value is -2.97. The summed E-state index contributed by atoms with van der Waals surface area (Å²) in [5.41, 5.74) is 1.32. The summed E-state index contributed by atoms with van der Waals surface area (Å²) in [6.07, 6.45) is -0.820. The van der Waals surface area contributed by atoms with Gasteiger partial charge < -0.3 is 29.9 Å². The molecule has 0 radical (unpaired) electrons. The van der Waals surface area contributed by atoms with Gasteiger partial charge in [0.25, 0.3) is 0 Å². The quantitative estimate of drug-likeness (QED) is 0.455. The number of nitrogens with one attached hydrogen (secondary N) is 1. The van der Waals surface area contributed by atoms with E-state index in [-0.39, 0.29) is 24.7 Å². The van der Waals surface area contributed by atoms with Gasteiger partial charge in [-0.1, -0.05) is 12.1 Å². The number of halogens is 1. The van der Waals surface area contributed by atoms with Crippen LogP contribution in [0.3, 0.4) is 0 Å². The van der Waals surface area contributed by atoms with Crippen molar-refractivity contribution in [3.8, 4) is 17.2 Å². The minimum atomic E-state index is -0.820. The van der Waals surface area contributed by atoms with Crippen LogP contribution in [-0.2, 0) is 0 Å². The molecule has 3 aromatic rings. The number of aliphatic hydroxyl groups excluding tert-OH is 1. The van der Waals surface area contributed by atoms with Crippen LogP contribution in [0.1, 0.15) is 25.5 Å². The molecule has 0 aliphatic rings. The third kappa shape index (κ3) is 5.39. The molecule has 8 nitrogen and oxygen atoms in total. The molecule has 9 heteroatoms. The Kier molecular flexibility index (Phi) is 8.53. The molecule has 168 valence electrons. The van der Waals surface area contributed by atoms with Crippen LogP contribution in [0.4, 0.5) is 11.8 Å². The number of fused-ring (bicyclic) bond motifs is 1. The average Bonchev–Trinajstić information content (AvgIpc) is 2.77. The fraction of sp³-hybridized carbons (Fsp3) is 0.364. The number of rotatable bonds is 9. The van der Waals surface area contributed by atoms with E-state index in [0.29, 0.717) is 34.3 Å². The van der Waals surface area contributed by atoms with Gasteiger partial charge in [-0.2, -0.15) is 4.98 Å². The smallest absolute Gasteiger partial charge is 0.227 e. The zero-order valence-electron chi connectivity index (χ0n) is 18.1. The summed E-state index contributed by atoms with van der Waals surface area (Å²) in [5.74, 6) is 2.44. The third-order valence-electron chi connectivity index (χ3n) is 4.95. The first-order valence-electron chi connectivity index (χ1n) is 9.90. The number of nitrogens with zero attached hydrogens (tertiary/aromatic N) is 3. The Morgan fingerprint density at radius 2 is 1.71 bits per heavy atom. The van der Waals surface area contributed by atoms with Crippen LogP contribution in [-0.4, -0.2) is 54.0 Å². The van der Waals surface area contributed by atoms with Gasteiger partial charge in [0.2, 0.25) is 5.95 Å². The molecule has 0 spiro atoms. The van der Waals surface area contributed by atoms with Crippen molar-refractivity contribution in [2.75, 3.05) is 44.1 Å². The molecule has 3 rings (SSSR count). The van der Waals surface area contributed by atoms with Gasteiger partial charge in [0.15, 0.2) is 11.5 Å². The predicted octanol–water partition coefficient (Wildman–Crippen LogP) is 3.77. The molecular weight excluding hydrogens is 420 g/mol. The number of aromatic nitrogens is 2. The van der Waals surface area contributed by atoms with Gasteiger partial charge >= 0.3 is 0 Å². The van der Waals surface area contributed by atoms with E-state index >= 15 is 0 Å². The van der Waals surface area contributed by atoms with Crippen molar-refractivity contribution in [1.29, 1.82) is 0 Å². The standard InChI is InChI=1S/C22H28N4O4.ClH/c1-5-26(6-2)22-24-17-12-20(30-4)19(29-3)11-16(17)21(25-22)23-13-18(28)14-8-7-9-15(27)10-14;/h7-12,18,27-28H,5-6,13H2,1-4H3,(H,23,24,25);1H. The molecule has 0 saturated carbocycles. The molecule has 1 atom stereocenters. The van der Waals surface area contributed by atoms with E-state index < -0.39 is 6.10 Å². The van der Waals surface area contributed by atoms with Gasteiger partial charge in [0.05, 0.1) is 25.8 Å². The topological polar surface area (TPSA) is 100.0 Å². The largest absolute Gasteiger partial charge is 0.508 e. The molecule has 0 aliphatic carbocycles. The molecule has 1 unspecified atom stereocenters. The minimum absolute atomic E-state index is 0. The van der Waals surface area contributed by atoms with Crippen LogP contribution in [0.5, 0.6) is 17.2 Å². The second-order valence-electron chi connectivity index (χ2n) is 6.76. The lowest BCUT2D eigenvalue weighted by molar-refractivity contribution is 0.191. The second-order valence-corrected chi connectivity index (χ2v) is 6.76. The summed E-state index contributed by atoms with van der Waals surface area (Å²) in [6.45, 7) is 5.83. The Morgan fingerprint density at radius 1 is 1.03 bits per heavy atom. The molecule has 2 aromatic carbocycles.